The lowest BCUT2D eigenvalue weighted by Crippen LogP contribution is -2.38. The molecule has 0 aromatic heterocycles. The number of nitrogens with one attached hydrogen (secondary N) is 1. The standard InChI is InChI=1S/C22H21N3O5S/c1-16-11-12-18(13-17(16)2)23-22(26)15-24(19-7-6-8-20(14-19)25(27)28)31(29,30)21-9-4-3-5-10-21/h3-14H,15H2,1-2H3,(H,23,26). The van der Waals surface area contributed by atoms with Crippen LogP contribution in [0.15, 0.2) is 77.7 Å². The predicted molar refractivity (Wildman–Crippen MR) is 119 cm³/mol. The van der Waals surface area contributed by atoms with E-state index in [1.54, 1.807) is 30.3 Å². The largest absolute Gasteiger partial charge is 0.325 e. The van der Waals surface area contributed by atoms with E-state index in [1.165, 1.54) is 30.3 Å². The van der Waals surface area contributed by atoms with Crippen molar-refractivity contribution in [3.05, 3.63) is 94.0 Å². The first-order valence-electron chi connectivity index (χ1n) is 9.38. The zero-order valence-electron chi connectivity index (χ0n) is 17.0. The van der Waals surface area contributed by atoms with Gasteiger partial charge < -0.3 is 5.32 Å². The number of carbonyl (C=O) groups is 1. The average Bonchev–Trinajstić information content (AvgIpc) is 2.75. The summed E-state index contributed by atoms with van der Waals surface area (Å²) in [5, 5.41) is 13.9. The van der Waals surface area contributed by atoms with Crippen molar-refractivity contribution in [3.63, 3.8) is 0 Å². The van der Waals surface area contributed by atoms with Gasteiger partial charge in [-0.3, -0.25) is 19.2 Å². The fraction of sp³-hybridized carbons (Fsp3) is 0.136. The molecule has 0 bridgehead atoms. The van der Waals surface area contributed by atoms with Crippen molar-refractivity contribution in [3.8, 4) is 0 Å². The summed E-state index contributed by atoms with van der Waals surface area (Å²) in [5.41, 5.74) is 2.31. The van der Waals surface area contributed by atoms with Gasteiger partial charge >= 0.3 is 0 Å². The van der Waals surface area contributed by atoms with E-state index in [9.17, 15) is 23.3 Å². The van der Waals surface area contributed by atoms with Gasteiger partial charge in [-0.2, -0.15) is 0 Å². The molecular weight excluding hydrogens is 418 g/mol. The summed E-state index contributed by atoms with van der Waals surface area (Å²) in [6.45, 7) is 3.29. The van der Waals surface area contributed by atoms with Crippen LogP contribution in [0.4, 0.5) is 17.1 Å². The summed E-state index contributed by atoms with van der Waals surface area (Å²) in [7, 11) is -4.15. The molecule has 0 fully saturated rings. The summed E-state index contributed by atoms with van der Waals surface area (Å²) in [6.07, 6.45) is 0. The van der Waals surface area contributed by atoms with E-state index in [-0.39, 0.29) is 16.3 Å². The fourth-order valence-electron chi connectivity index (χ4n) is 2.95. The van der Waals surface area contributed by atoms with Crippen molar-refractivity contribution >= 4 is 33.0 Å². The highest BCUT2D eigenvalue weighted by Gasteiger charge is 2.28. The molecule has 3 aromatic rings. The van der Waals surface area contributed by atoms with Gasteiger partial charge in [0.25, 0.3) is 15.7 Å². The number of anilines is 2. The number of sulfonamides is 1. The number of hydrogen-bond donors (Lipinski definition) is 1. The molecule has 0 aliphatic rings. The maximum Gasteiger partial charge on any atom is 0.271 e. The number of amides is 1. The van der Waals surface area contributed by atoms with Gasteiger partial charge in [0.05, 0.1) is 15.5 Å². The lowest BCUT2D eigenvalue weighted by molar-refractivity contribution is -0.384. The molecule has 0 atom stereocenters. The molecule has 1 N–H and O–H groups in total. The minimum atomic E-state index is -4.15. The van der Waals surface area contributed by atoms with E-state index < -0.39 is 27.4 Å². The molecule has 1 amide bonds. The maximum absolute atomic E-state index is 13.3. The highest BCUT2D eigenvalue weighted by molar-refractivity contribution is 7.92. The molecule has 0 spiro atoms. The van der Waals surface area contributed by atoms with Crippen LogP contribution < -0.4 is 9.62 Å². The quantitative estimate of drug-likeness (QED) is 0.441. The van der Waals surface area contributed by atoms with Crippen molar-refractivity contribution in [2.24, 2.45) is 0 Å². The van der Waals surface area contributed by atoms with E-state index >= 15 is 0 Å². The monoisotopic (exact) mass is 439 g/mol. The predicted octanol–water partition coefficient (Wildman–Crippen LogP) is 4.05. The zero-order chi connectivity index (χ0) is 22.6. The fourth-order valence-corrected chi connectivity index (χ4v) is 4.38. The number of nitrogens with zero attached hydrogens (tertiary/aromatic N) is 2. The summed E-state index contributed by atoms with van der Waals surface area (Å²) in [6, 6.07) is 18.1. The van der Waals surface area contributed by atoms with Gasteiger partial charge in [-0.15, -0.1) is 0 Å². The molecule has 0 saturated carbocycles. The Morgan fingerprint density at radius 3 is 2.32 bits per heavy atom. The first-order chi connectivity index (χ1) is 14.7. The minimum absolute atomic E-state index is 0.0216. The number of carbonyl (C=O) groups excluding carboxylic acids is 1. The summed E-state index contributed by atoms with van der Waals surface area (Å²) < 4.78 is 27.4. The second kappa shape index (κ2) is 8.97. The van der Waals surface area contributed by atoms with Crippen molar-refractivity contribution < 1.29 is 18.1 Å². The number of aryl methyl sites for hydroxylation is 2. The lowest BCUT2D eigenvalue weighted by atomic mass is 10.1. The van der Waals surface area contributed by atoms with E-state index in [4.69, 9.17) is 0 Å². The molecule has 0 saturated heterocycles. The van der Waals surface area contributed by atoms with Crippen LogP contribution in [0.3, 0.4) is 0 Å². The number of hydrogen-bond acceptors (Lipinski definition) is 5. The van der Waals surface area contributed by atoms with Crippen LogP contribution in [0.2, 0.25) is 0 Å². The highest BCUT2D eigenvalue weighted by Crippen LogP contribution is 2.27. The summed E-state index contributed by atoms with van der Waals surface area (Å²) in [5.74, 6) is -0.575. The summed E-state index contributed by atoms with van der Waals surface area (Å²) in [4.78, 5) is 23.3. The molecule has 0 radical (unpaired) electrons. The number of benzene rings is 3. The Hall–Kier alpha value is -3.72. The normalized spacial score (nSPS) is 11.0. The van der Waals surface area contributed by atoms with Gasteiger partial charge in [0.15, 0.2) is 0 Å². The van der Waals surface area contributed by atoms with Crippen molar-refractivity contribution in [2.45, 2.75) is 18.7 Å². The first kappa shape index (κ1) is 22.0. The minimum Gasteiger partial charge on any atom is -0.325 e. The van der Waals surface area contributed by atoms with Gasteiger partial charge in [0, 0.05) is 17.8 Å². The Morgan fingerprint density at radius 2 is 1.68 bits per heavy atom. The smallest absolute Gasteiger partial charge is 0.271 e. The van der Waals surface area contributed by atoms with Crippen molar-refractivity contribution in [1.82, 2.24) is 0 Å². The van der Waals surface area contributed by atoms with E-state index in [1.807, 2.05) is 19.9 Å². The van der Waals surface area contributed by atoms with Crippen LogP contribution in [0.25, 0.3) is 0 Å². The van der Waals surface area contributed by atoms with Gasteiger partial charge in [-0.05, 0) is 55.3 Å². The highest BCUT2D eigenvalue weighted by atomic mass is 32.2. The van der Waals surface area contributed by atoms with Crippen LogP contribution in [0, 0.1) is 24.0 Å². The lowest BCUT2D eigenvalue weighted by Gasteiger charge is -2.24. The van der Waals surface area contributed by atoms with Crippen LogP contribution >= 0.6 is 0 Å². The molecule has 3 aromatic carbocycles. The third-order valence-electron chi connectivity index (χ3n) is 4.74. The van der Waals surface area contributed by atoms with Crippen LogP contribution in [0.1, 0.15) is 11.1 Å². The molecule has 8 nitrogen and oxygen atoms in total. The second-order valence-electron chi connectivity index (χ2n) is 6.95. The van der Waals surface area contributed by atoms with Gasteiger partial charge in [0.1, 0.15) is 6.54 Å². The molecule has 0 aliphatic carbocycles. The molecule has 3 rings (SSSR count). The average molecular weight is 439 g/mol. The third kappa shape index (κ3) is 5.07. The molecule has 160 valence electrons. The molecule has 9 heteroatoms. The molecule has 0 aliphatic heterocycles. The topological polar surface area (TPSA) is 110 Å². The van der Waals surface area contributed by atoms with E-state index in [0.29, 0.717) is 5.69 Å². The van der Waals surface area contributed by atoms with Crippen molar-refractivity contribution in [1.29, 1.82) is 0 Å². The summed E-state index contributed by atoms with van der Waals surface area (Å²) >= 11 is 0. The molecular formula is C22H21N3O5S. The number of rotatable bonds is 7. The Kier molecular flexibility index (Phi) is 6.36. The maximum atomic E-state index is 13.3. The molecule has 0 heterocycles. The SMILES string of the molecule is Cc1ccc(NC(=O)CN(c2cccc([N+](=O)[O-])c2)S(=O)(=O)c2ccccc2)cc1C. The Bertz CT molecular complexity index is 1230. The number of nitro groups is 1. The Balaban J connectivity index is 1.97. The Morgan fingerprint density at radius 1 is 0.968 bits per heavy atom. The van der Waals surface area contributed by atoms with Gasteiger partial charge in [0.2, 0.25) is 5.91 Å². The van der Waals surface area contributed by atoms with Crippen LogP contribution in [-0.4, -0.2) is 25.8 Å². The number of nitro benzene ring substituents is 1. The van der Waals surface area contributed by atoms with Gasteiger partial charge in [-0.25, -0.2) is 8.42 Å². The van der Waals surface area contributed by atoms with E-state index in [0.717, 1.165) is 21.5 Å². The van der Waals surface area contributed by atoms with Crippen LogP contribution in [-0.2, 0) is 14.8 Å². The molecule has 31 heavy (non-hydrogen) atoms. The van der Waals surface area contributed by atoms with Crippen LogP contribution in [0.5, 0.6) is 0 Å². The van der Waals surface area contributed by atoms with E-state index in [2.05, 4.69) is 5.32 Å². The van der Waals surface area contributed by atoms with Crippen molar-refractivity contribution in [2.75, 3.05) is 16.2 Å². The van der Waals surface area contributed by atoms with Gasteiger partial charge in [-0.1, -0.05) is 30.3 Å². The second-order valence-corrected chi connectivity index (χ2v) is 8.81. The third-order valence-corrected chi connectivity index (χ3v) is 6.53. The Labute approximate surface area is 180 Å². The first-order valence-corrected chi connectivity index (χ1v) is 10.8. The zero-order valence-corrected chi connectivity index (χ0v) is 17.8. The number of non-ortho nitro benzene ring substituents is 1. The molecule has 0 unspecified atom stereocenters.